The molecule has 26 heavy (non-hydrogen) atoms. The maximum atomic E-state index is 12.3. The molecule has 0 fully saturated rings. The van der Waals surface area contributed by atoms with Crippen LogP contribution in [0.15, 0.2) is 59.8 Å². The van der Waals surface area contributed by atoms with Crippen LogP contribution >= 0.6 is 11.8 Å². The largest absolute Gasteiger partial charge is 0.342 e. The zero-order chi connectivity index (χ0) is 18.5. The Morgan fingerprint density at radius 3 is 2.50 bits per heavy atom. The number of aryl methyl sites for hydroxylation is 1. The minimum atomic E-state index is -0.228. The molecule has 134 valence electrons. The first-order valence-electron chi connectivity index (χ1n) is 8.48. The number of carbonyl (C=O) groups excluding carboxylic acids is 1. The van der Waals surface area contributed by atoms with E-state index in [9.17, 15) is 4.79 Å². The predicted molar refractivity (Wildman–Crippen MR) is 104 cm³/mol. The number of nitrogens with zero attached hydrogens (tertiary/aromatic N) is 3. The molecule has 1 unspecified atom stereocenters. The first-order valence-corrected chi connectivity index (χ1v) is 9.46. The van der Waals surface area contributed by atoms with Crippen LogP contribution in [-0.2, 0) is 12.8 Å². The van der Waals surface area contributed by atoms with Crippen molar-refractivity contribution in [2.24, 2.45) is 7.05 Å². The summed E-state index contributed by atoms with van der Waals surface area (Å²) in [4.78, 5) is 12.3. The molecule has 0 aliphatic carbocycles. The lowest BCUT2D eigenvalue weighted by Crippen LogP contribution is -2.28. The zero-order valence-electron chi connectivity index (χ0n) is 15.1. The van der Waals surface area contributed by atoms with Crippen molar-refractivity contribution in [3.63, 3.8) is 0 Å². The number of carbonyl (C=O) groups is 1. The second kappa shape index (κ2) is 8.19. The molecule has 0 aliphatic heterocycles. The Labute approximate surface area is 157 Å². The molecule has 0 saturated heterocycles. The van der Waals surface area contributed by atoms with Crippen molar-refractivity contribution in [1.29, 1.82) is 0 Å². The Hall–Kier alpha value is -2.60. The van der Waals surface area contributed by atoms with E-state index in [4.69, 9.17) is 0 Å². The zero-order valence-corrected chi connectivity index (χ0v) is 16.0. The number of amides is 1. The van der Waals surface area contributed by atoms with Crippen LogP contribution in [0.1, 0.15) is 40.3 Å². The van der Waals surface area contributed by atoms with Gasteiger partial charge in [-0.15, -0.1) is 10.2 Å². The Balaban J connectivity index is 1.64. The number of thioether (sulfide) groups is 1. The van der Waals surface area contributed by atoms with E-state index in [1.54, 1.807) is 23.9 Å². The third-order valence-electron chi connectivity index (χ3n) is 4.13. The third kappa shape index (κ3) is 4.32. The second-order valence-electron chi connectivity index (χ2n) is 6.24. The average molecular weight is 366 g/mol. The monoisotopic (exact) mass is 366 g/mol. The van der Waals surface area contributed by atoms with Crippen molar-refractivity contribution < 1.29 is 4.79 Å². The molecule has 1 atom stereocenters. The topological polar surface area (TPSA) is 59.8 Å². The maximum Gasteiger partial charge on any atom is 0.251 e. The highest BCUT2D eigenvalue weighted by atomic mass is 32.2. The van der Waals surface area contributed by atoms with Gasteiger partial charge in [-0.05, 0) is 31.5 Å². The number of benzene rings is 2. The summed E-state index contributed by atoms with van der Waals surface area (Å²) < 4.78 is 1.94. The van der Waals surface area contributed by atoms with Crippen LogP contribution in [-0.4, -0.2) is 20.7 Å². The molecule has 1 heterocycles. The Morgan fingerprint density at radius 2 is 1.81 bits per heavy atom. The molecule has 1 N–H and O–H groups in total. The summed E-state index contributed by atoms with van der Waals surface area (Å²) in [5.74, 6) is 1.45. The van der Waals surface area contributed by atoms with Crippen LogP contribution in [0.3, 0.4) is 0 Å². The van der Waals surface area contributed by atoms with E-state index >= 15 is 0 Å². The number of nitrogens with one attached hydrogen (secondary N) is 1. The summed E-state index contributed by atoms with van der Waals surface area (Å²) in [7, 11) is 1.93. The van der Waals surface area contributed by atoms with Gasteiger partial charge in [-0.2, -0.15) is 0 Å². The van der Waals surface area contributed by atoms with Gasteiger partial charge < -0.3 is 9.88 Å². The molecule has 0 saturated carbocycles. The smallest absolute Gasteiger partial charge is 0.251 e. The molecule has 2 aromatic carbocycles. The summed E-state index contributed by atoms with van der Waals surface area (Å²) in [6.07, 6.45) is 0. The van der Waals surface area contributed by atoms with E-state index in [1.807, 2.05) is 36.7 Å². The summed E-state index contributed by atoms with van der Waals surface area (Å²) in [6, 6.07) is 17.4. The molecule has 0 radical (unpaired) electrons. The van der Waals surface area contributed by atoms with Gasteiger partial charge in [-0.3, -0.25) is 4.79 Å². The van der Waals surface area contributed by atoms with Crippen LogP contribution in [0.4, 0.5) is 0 Å². The normalized spacial score (nSPS) is 12.0. The van der Waals surface area contributed by atoms with Crippen molar-refractivity contribution in [2.75, 3.05) is 0 Å². The Kier molecular flexibility index (Phi) is 5.73. The van der Waals surface area contributed by atoms with Crippen LogP contribution < -0.4 is 5.32 Å². The molecular weight excluding hydrogens is 344 g/mol. The molecule has 6 heteroatoms. The van der Waals surface area contributed by atoms with Crippen molar-refractivity contribution in [1.82, 2.24) is 20.1 Å². The van der Waals surface area contributed by atoms with E-state index in [0.717, 1.165) is 16.7 Å². The molecule has 0 aliphatic rings. The number of hydrogen-bond donors (Lipinski definition) is 1. The highest BCUT2D eigenvalue weighted by Gasteiger charge is 2.18. The van der Waals surface area contributed by atoms with Gasteiger partial charge in [0.1, 0.15) is 0 Å². The first-order chi connectivity index (χ1) is 12.5. The van der Waals surface area contributed by atoms with Gasteiger partial charge in [0.05, 0.1) is 6.04 Å². The van der Waals surface area contributed by atoms with Crippen molar-refractivity contribution in [2.45, 2.75) is 30.8 Å². The van der Waals surface area contributed by atoms with Gasteiger partial charge in [0, 0.05) is 18.4 Å². The quantitative estimate of drug-likeness (QED) is 0.672. The van der Waals surface area contributed by atoms with Gasteiger partial charge in [0.25, 0.3) is 5.91 Å². The second-order valence-corrected chi connectivity index (χ2v) is 7.18. The standard InChI is InChI=1S/C20H22N4OS/c1-14-9-11-16(12-10-14)13-26-20-23-22-18(24(20)3)15(2)21-19(25)17-7-5-4-6-8-17/h4-12,15H,13H2,1-3H3,(H,21,25). The molecule has 1 aromatic heterocycles. The molecule has 3 rings (SSSR count). The van der Waals surface area contributed by atoms with Crippen LogP contribution in [0.25, 0.3) is 0 Å². The average Bonchev–Trinajstić information content (AvgIpc) is 3.02. The van der Waals surface area contributed by atoms with Gasteiger partial charge in [-0.25, -0.2) is 0 Å². The summed E-state index contributed by atoms with van der Waals surface area (Å²) in [6.45, 7) is 4.00. The summed E-state index contributed by atoms with van der Waals surface area (Å²) in [5.41, 5.74) is 3.13. The molecule has 5 nitrogen and oxygen atoms in total. The molecule has 0 spiro atoms. The first kappa shape index (κ1) is 18.2. The lowest BCUT2D eigenvalue weighted by molar-refractivity contribution is 0.0937. The molecular formula is C20H22N4OS. The Morgan fingerprint density at radius 1 is 1.12 bits per heavy atom. The fourth-order valence-electron chi connectivity index (χ4n) is 2.60. The van der Waals surface area contributed by atoms with Crippen LogP contribution in [0.5, 0.6) is 0 Å². The fourth-order valence-corrected chi connectivity index (χ4v) is 3.47. The highest BCUT2D eigenvalue weighted by molar-refractivity contribution is 7.98. The van der Waals surface area contributed by atoms with E-state index in [1.165, 1.54) is 11.1 Å². The van der Waals surface area contributed by atoms with Crippen molar-refractivity contribution in [3.8, 4) is 0 Å². The SMILES string of the molecule is Cc1ccc(CSc2nnc(C(C)NC(=O)c3ccccc3)n2C)cc1. The van der Waals surface area contributed by atoms with E-state index < -0.39 is 0 Å². The van der Waals surface area contributed by atoms with Gasteiger partial charge in [0.15, 0.2) is 11.0 Å². The summed E-state index contributed by atoms with van der Waals surface area (Å²) in [5, 5.41) is 12.3. The third-order valence-corrected chi connectivity index (χ3v) is 5.22. The number of aromatic nitrogens is 3. The fraction of sp³-hybridized carbons (Fsp3) is 0.250. The van der Waals surface area contributed by atoms with Gasteiger partial charge >= 0.3 is 0 Å². The lowest BCUT2D eigenvalue weighted by atomic mass is 10.2. The van der Waals surface area contributed by atoms with E-state index in [-0.39, 0.29) is 11.9 Å². The van der Waals surface area contributed by atoms with Crippen LogP contribution in [0, 0.1) is 6.92 Å². The van der Waals surface area contributed by atoms with E-state index in [2.05, 4.69) is 46.7 Å². The van der Waals surface area contributed by atoms with Crippen LogP contribution in [0.2, 0.25) is 0 Å². The number of rotatable bonds is 6. The van der Waals surface area contributed by atoms with E-state index in [0.29, 0.717) is 5.56 Å². The Bertz CT molecular complexity index is 875. The maximum absolute atomic E-state index is 12.3. The highest BCUT2D eigenvalue weighted by Crippen LogP contribution is 2.23. The molecule has 1 amide bonds. The molecule has 0 bridgehead atoms. The summed E-state index contributed by atoms with van der Waals surface area (Å²) >= 11 is 1.64. The van der Waals surface area contributed by atoms with Gasteiger partial charge in [0.2, 0.25) is 0 Å². The van der Waals surface area contributed by atoms with Crippen molar-refractivity contribution >= 4 is 17.7 Å². The predicted octanol–water partition coefficient (Wildman–Crippen LogP) is 3.91. The minimum Gasteiger partial charge on any atom is -0.342 e. The van der Waals surface area contributed by atoms with Crippen molar-refractivity contribution in [3.05, 3.63) is 77.1 Å². The van der Waals surface area contributed by atoms with Gasteiger partial charge in [-0.1, -0.05) is 59.8 Å². The lowest BCUT2D eigenvalue weighted by Gasteiger charge is -2.13. The number of hydrogen-bond acceptors (Lipinski definition) is 4. The minimum absolute atomic E-state index is 0.116. The molecule has 3 aromatic rings.